The van der Waals surface area contributed by atoms with Gasteiger partial charge in [-0.05, 0) is 64.2 Å². The predicted molar refractivity (Wildman–Crippen MR) is 243 cm³/mol. The highest BCUT2D eigenvalue weighted by Gasteiger charge is 2.19. The number of carbonyl (C=O) groups excluding carboxylic acids is 3. The molecule has 6 nitrogen and oxygen atoms in total. The van der Waals surface area contributed by atoms with Gasteiger partial charge in [-0.25, -0.2) is 0 Å². The van der Waals surface area contributed by atoms with Crippen LogP contribution in [0.3, 0.4) is 0 Å². The molecule has 0 aromatic heterocycles. The summed E-state index contributed by atoms with van der Waals surface area (Å²) >= 11 is 0. The molecule has 0 fully saturated rings. The molecule has 0 heterocycles. The molecule has 0 radical (unpaired) electrons. The number of allylic oxidation sites excluding steroid dienone is 4. The maximum Gasteiger partial charge on any atom is 0.306 e. The van der Waals surface area contributed by atoms with Crippen LogP contribution in [-0.2, 0) is 28.6 Å². The largest absolute Gasteiger partial charge is 0.462 e. The highest BCUT2D eigenvalue weighted by Crippen LogP contribution is 2.15. The SMILES string of the molecule is CCCC/C=C\CCCCCCCC(=O)OC[C@H](COC(=O)CCCCCCCCCCCCCCC)OC(=O)CCCCCCCCC/C=C\CCCCCC. The van der Waals surface area contributed by atoms with E-state index < -0.39 is 6.10 Å². The Morgan fingerprint density at radius 3 is 0.947 bits per heavy atom. The minimum atomic E-state index is -0.771. The first-order valence-corrected chi connectivity index (χ1v) is 24.8. The molecule has 0 N–H and O–H groups in total. The Kier molecular flexibility index (Phi) is 44.9. The highest BCUT2D eigenvalue weighted by atomic mass is 16.6. The lowest BCUT2D eigenvalue weighted by Crippen LogP contribution is -2.30. The van der Waals surface area contributed by atoms with E-state index in [4.69, 9.17) is 14.2 Å². The average Bonchev–Trinajstić information content (AvgIpc) is 3.21. The van der Waals surface area contributed by atoms with Gasteiger partial charge in [0.25, 0.3) is 0 Å². The van der Waals surface area contributed by atoms with Crippen LogP contribution in [0.1, 0.15) is 265 Å². The number of rotatable bonds is 45. The van der Waals surface area contributed by atoms with Gasteiger partial charge in [0.2, 0.25) is 0 Å². The lowest BCUT2D eigenvalue weighted by molar-refractivity contribution is -0.167. The van der Waals surface area contributed by atoms with Crippen LogP contribution in [-0.4, -0.2) is 37.2 Å². The van der Waals surface area contributed by atoms with Crippen LogP contribution in [0.5, 0.6) is 0 Å². The predicted octanol–water partition coefficient (Wildman–Crippen LogP) is 16.0. The van der Waals surface area contributed by atoms with E-state index in [0.29, 0.717) is 19.3 Å². The quantitative estimate of drug-likeness (QED) is 0.0264. The van der Waals surface area contributed by atoms with E-state index in [0.717, 1.165) is 64.2 Å². The molecule has 0 saturated heterocycles. The van der Waals surface area contributed by atoms with Crippen molar-refractivity contribution in [3.8, 4) is 0 Å². The third kappa shape index (κ3) is 44.8. The van der Waals surface area contributed by atoms with Gasteiger partial charge >= 0.3 is 17.9 Å². The number of unbranched alkanes of at least 4 members (excludes halogenated alkanes) is 30. The van der Waals surface area contributed by atoms with E-state index in [9.17, 15) is 14.4 Å². The molecule has 0 amide bonds. The third-order valence-electron chi connectivity index (χ3n) is 10.9. The van der Waals surface area contributed by atoms with E-state index in [1.165, 1.54) is 161 Å². The van der Waals surface area contributed by atoms with Crippen molar-refractivity contribution in [3.05, 3.63) is 24.3 Å². The zero-order valence-electron chi connectivity index (χ0n) is 38.1. The van der Waals surface area contributed by atoms with Crippen molar-refractivity contribution in [2.45, 2.75) is 271 Å². The maximum atomic E-state index is 12.8. The van der Waals surface area contributed by atoms with Crippen molar-refractivity contribution in [1.29, 1.82) is 0 Å². The summed E-state index contributed by atoms with van der Waals surface area (Å²) in [5.41, 5.74) is 0. The minimum Gasteiger partial charge on any atom is -0.462 e. The van der Waals surface area contributed by atoms with Gasteiger partial charge < -0.3 is 14.2 Å². The van der Waals surface area contributed by atoms with E-state index in [2.05, 4.69) is 45.1 Å². The zero-order valence-corrected chi connectivity index (χ0v) is 38.1. The van der Waals surface area contributed by atoms with Crippen molar-refractivity contribution in [1.82, 2.24) is 0 Å². The summed E-state index contributed by atoms with van der Waals surface area (Å²) in [5, 5.41) is 0. The zero-order chi connectivity index (χ0) is 41.5. The van der Waals surface area contributed by atoms with Gasteiger partial charge in [-0.1, -0.05) is 206 Å². The van der Waals surface area contributed by atoms with Gasteiger partial charge in [0.15, 0.2) is 6.10 Å². The summed E-state index contributed by atoms with van der Waals surface area (Å²) in [6.07, 6.45) is 51.5. The molecule has 0 aliphatic carbocycles. The summed E-state index contributed by atoms with van der Waals surface area (Å²) in [5.74, 6) is -0.878. The lowest BCUT2D eigenvalue weighted by Gasteiger charge is -2.18. The van der Waals surface area contributed by atoms with Gasteiger partial charge in [0.1, 0.15) is 13.2 Å². The van der Waals surface area contributed by atoms with Crippen LogP contribution >= 0.6 is 0 Å². The first-order valence-electron chi connectivity index (χ1n) is 24.8. The Morgan fingerprint density at radius 2 is 0.596 bits per heavy atom. The summed E-state index contributed by atoms with van der Waals surface area (Å²) in [6, 6.07) is 0. The Hall–Kier alpha value is -2.11. The molecule has 0 aromatic rings. The Morgan fingerprint density at radius 1 is 0.333 bits per heavy atom. The van der Waals surface area contributed by atoms with Crippen molar-refractivity contribution in [2.24, 2.45) is 0 Å². The smallest absolute Gasteiger partial charge is 0.306 e. The molecule has 0 rings (SSSR count). The molecule has 1 atom stereocenters. The summed E-state index contributed by atoms with van der Waals surface area (Å²) in [6.45, 7) is 6.59. The van der Waals surface area contributed by atoms with E-state index in [1.54, 1.807) is 0 Å². The fourth-order valence-electron chi connectivity index (χ4n) is 7.12. The molecule has 6 heteroatoms. The standard InChI is InChI=1S/C51H94O6/c1-4-7-10-13-16-19-22-24-25-27-30-33-36-39-42-45-51(54)57-48(46-55-49(52)43-40-37-34-31-28-21-18-15-12-9-6-3)47-56-50(53)44-41-38-35-32-29-26-23-20-17-14-11-8-5-2/h15,18-19,22,48H,4-14,16-17,20-21,23-47H2,1-3H3/b18-15-,22-19-/t48-/m1/s1. The van der Waals surface area contributed by atoms with Gasteiger partial charge in [-0.15, -0.1) is 0 Å². The molecule has 0 saturated carbocycles. The molecule has 0 bridgehead atoms. The van der Waals surface area contributed by atoms with Crippen LogP contribution < -0.4 is 0 Å². The average molecular weight is 803 g/mol. The molecule has 0 aliphatic rings. The lowest BCUT2D eigenvalue weighted by atomic mass is 10.0. The number of carbonyl (C=O) groups is 3. The fraction of sp³-hybridized carbons (Fsp3) is 0.863. The molecule has 0 spiro atoms. The van der Waals surface area contributed by atoms with Gasteiger partial charge in [0.05, 0.1) is 0 Å². The Labute approximate surface area is 353 Å². The monoisotopic (exact) mass is 803 g/mol. The van der Waals surface area contributed by atoms with Crippen LogP contribution in [0, 0.1) is 0 Å². The second-order valence-corrected chi connectivity index (χ2v) is 16.7. The first kappa shape index (κ1) is 54.9. The van der Waals surface area contributed by atoms with Crippen LogP contribution in [0.25, 0.3) is 0 Å². The van der Waals surface area contributed by atoms with Gasteiger partial charge in [-0.3, -0.25) is 14.4 Å². The highest BCUT2D eigenvalue weighted by molar-refractivity contribution is 5.71. The van der Waals surface area contributed by atoms with Gasteiger partial charge in [0, 0.05) is 19.3 Å². The van der Waals surface area contributed by atoms with Crippen molar-refractivity contribution < 1.29 is 28.6 Å². The summed E-state index contributed by atoms with van der Waals surface area (Å²) < 4.78 is 16.8. The molecule has 334 valence electrons. The second-order valence-electron chi connectivity index (χ2n) is 16.7. The van der Waals surface area contributed by atoms with Crippen LogP contribution in [0.15, 0.2) is 24.3 Å². The molecular weight excluding hydrogens is 709 g/mol. The maximum absolute atomic E-state index is 12.8. The van der Waals surface area contributed by atoms with Crippen LogP contribution in [0.4, 0.5) is 0 Å². The molecule has 0 aromatic carbocycles. The summed E-state index contributed by atoms with van der Waals surface area (Å²) in [7, 11) is 0. The van der Waals surface area contributed by atoms with E-state index in [1.807, 2.05) is 0 Å². The third-order valence-corrected chi connectivity index (χ3v) is 10.9. The number of hydrogen-bond acceptors (Lipinski definition) is 6. The molecule has 0 aliphatic heterocycles. The molecule has 0 unspecified atom stereocenters. The molecule has 57 heavy (non-hydrogen) atoms. The van der Waals surface area contributed by atoms with Crippen LogP contribution in [0.2, 0.25) is 0 Å². The normalized spacial score (nSPS) is 12.1. The summed E-state index contributed by atoms with van der Waals surface area (Å²) in [4.78, 5) is 37.8. The number of hydrogen-bond donors (Lipinski definition) is 0. The van der Waals surface area contributed by atoms with Crippen molar-refractivity contribution in [2.75, 3.05) is 13.2 Å². The van der Waals surface area contributed by atoms with E-state index in [-0.39, 0.29) is 31.1 Å². The number of esters is 3. The second kappa shape index (κ2) is 46.6. The minimum absolute atomic E-state index is 0.0722. The molecular formula is C51H94O6. The Bertz CT molecular complexity index is 927. The van der Waals surface area contributed by atoms with Gasteiger partial charge in [-0.2, -0.15) is 0 Å². The topological polar surface area (TPSA) is 78.9 Å². The van der Waals surface area contributed by atoms with E-state index >= 15 is 0 Å². The fourth-order valence-corrected chi connectivity index (χ4v) is 7.12. The first-order chi connectivity index (χ1) is 28.0. The van der Waals surface area contributed by atoms with Crippen molar-refractivity contribution in [3.63, 3.8) is 0 Å². The van der Waals surface area contributed by atoms with Crippen molar-refractivity contribution >= 4 is 17.9 Å². The number of ether oxygens (including phenoxy) is 3. The Balaban J connectivity index is 4.35.